The van der Waals surface area contributed by atoms with E-state index in [4.69, 9.17) is 21.1 Å². The van der Waals surface area contributed by atoms with E-state index in [1.165, 1.54) is 0 Å². The van der Waals surface area contributed by atoms with Crippen LogP contribution in [0.25, 0.3) is 0 Å². The van der Waals surface area contributed by atoms with Gasteiger partial charge in [-0.15, -0.1) is 0 Å². The summed E-state index contributed by atoms with van der Waals surface area (Å²) >= 11 is 5.32. The van der Waals surface area contributed by atoms with Crippen molar-refractivity contribution in [2.45, 2.75) is 32.7 Å². The number of anilines is 2. The van der Waals surface area contributed by atoms with Crippen molar-refractivity contribution in [2.24, 2.45) is 0 Å². The zero-order chi connectivity index (χ0) is 26.2. The first-order valence-electron chi connectivity index (χ1n) is 11.1. The molecule has 0 radical (unpaired) electrons. The van der Waals surface area contributed by atoms with Crippen molar-refractivity contribution in [3.05, 3.63) is 72.0 Å². The highest BCUT2D eigenvalue weighted by Gasteiger charge is 2.24. The van der Waals surface area contributed by atoms with Crippen LogP contribution < -0.4 is 10.6 Å². The second kappa shape index (κ2) is 15.7. The molecule has 2 heterocycles. The first kappa shape index (κ1) is 28.1. The zero-order valence-corrected chi connectivity index (χ0v) is 20.6. The minimum Gasteiger partial charge on any atom is -0.466 e. The van der Waals surface area contributed by atoms with Crippen molar-refractivity contribution in [3.63, 3.8) is 0 Å². The number of aromatic nitrogens is 4. The average Bonchev–Trinajstić information content (AvgIpc) is 2.88. The van der Waals surface area contributed by atoms with E-state index in [1.54, 1.807) is 75.0 Å². The number of benzene rings is 1. The minimum absolute atomic E-state index is 0.00245. The van der Waals surface area contributed by atoms with E-state index in [0.717, 1.165) is 0 Å². The van der Waals surface area contributed by atoms with Crippen molar-refractivity contribution >= 4 is 41.1 Å². The Bertz CT molecular complexity index is 1090. The van der Waals surface area contributed by atoms with E-state index in [0.29, 0.717) is 22.5 Å². The van der Waals surface area contributed by atoms with Gasteiger partial charge in [-0.05, 0) is 68.3 Å². The summed E-state index contributed by atoms with van der Waals surface area (Å²) in [7, 11) is 0. The Morgan fingerprint density at radius 3 is 2.00 bits per heavy atom. The molecule has 0 saturated heterocycles. The molecule has 1 aromatic carbocycles. The first-order valence-corrected chi connectivity index (χ1v) is 11.5. The summed E-state index contributed by atoms with van der Waals surface area (Å²) in [5, 5.41) is 5.92. The van der Waals surface area contributed by atoms with E-state index in [-0.39, 0.29) is 26.1 Å². The van der Waals surface area contributed by atoms with Gasteiger partial charge in [0.1, 0.15) is 6.04 Å². The fourth-order valence-corrected chi connectivity index (χ4v) is 2.82. The van der Waals surface area contributed by atoms with Crippen LogP contribution in [-0.4, -0.2) is 57.0 Å². The van der Waals surface area contributed by atoms with Crippen molar-refractivity contribution in [1.82, 2.24) is 25.3 Å². The summed E-state index contributed by atoms with van der Waals surface area (Å²) in [4.78, 5) is 51.6. The second-order valence-corrected chi connectivity index (χ2v) is 7.25. The van der Waals surface area contributed by atoms with Gasteiger partial charge in [0, 0.05) is 42.5 Å². The molecule has 3 rings (SSSR count). The number of rotatable bonds is 10. The van der Waals surface area contributed by atoms with Gasteiger partial charge in [-0.1, -0.05) is 0 Å². The van der Waals surface area contributed by atoms with E-state index in [1.807, 2.05) is 0 Å². The number of carbonyl (C=O) groups excluding carboxylic acids is 3. The predicted molar refractivity (Wildman–Crippen MR) is 133 cm³/mol. The summed E-state index contributed by atoms with van der Waals surface area (Å²) in [6, 6.07) is 9.09. The van der Waals surface area contributed by atoms with Crippen LogP contribution in [0.3, 0.4) is 0 Å². The number of amides is 1. The molecule has 0 saturated carbocycles. The van der Waals surface area contributed by atoms with Crippen LogP contribution in [0.1, 0.15) is 37.0 Å². The Morgan fingerprint density at radius 2 is 1.47 bits per heavy atom. The lowest BCUT2D eigenvalue weighted by atomic mass is 10.1. The summed E-state index contributed by atoms with van der Waals surface area (Å²) in [5.41, 5.74) is 1.06. The number of esters is 2. The van der Waals surface area contributed by atoms with E-state index < -0.39 is 23.9 Å². The van der Waals surface area contributed by atoms with Crippen molar-refractivity contribution < 1.29 is 23.9 Å². The molecule has 12 heteroatoms. The predicted octanol–water partition coefficient (Wildman–Crippen LogP) is 3.36. The highest BCUT2D eigenvalue weighted by molar-refractivity contribution is 6.28. The highest BCUT2D eigenvalue weighted by atomic mass is 35.5. The molecule has 11 nitrogen and oxygen atoms in total. The summed E-state index contributed by atoms with van der Waals surface area (Å²) in [6.07, 6.45) is 6.50. The standard InChI is InChI=1S/C20H24N4O5.C4H3ClN2/c1-3-28-17(25)11-10-16(19(27)29-4-2)24-18(26)14-6-8-15(9-7-14)23-20-21-12-5-13-22-20;5-4-6-2-1-3-7-4/h5-9,12-13,16H,3-4,10-11H2,1-2H3,(H,24,26)(H,21,22,23);1-3H. The molecule has 1 unspecified atom stereocenters. The topological polar surface area (TPSA) is 145 Å². The van der Waals surface area contributed by atoms with Gasteiger partial charge in [-0.2, -0.15) is 0 Å². The van der Waals surface area contributed by atoms with Crippen LogP contribution in [-0.2, 0) is 19.1 Å². The lowest BCUT2D eigenvalue weighted by Gasteiger charge is -2.17. The van der Waals surface area contributed by atoms with E-state index in [2.05, 4.69) is 30.6 Å². The number of hydrogen-bond acceptors (Lipinski definition) is 10. The second-order valence-electron chi connectivity index (χ2n) is 6.91. The Balaban J connectivity index is 0.000000558. The molecule has 1 amide bonds. The molecule has 0 aliphatic carbocycles. The number of nitrogens with zero attached hydrogens (tertiary/aromatic N) is 4. The number of ether oxygens (including phenoxy) is 2. The van der Waals surface area contributed by atoms with Gasteiger partial charge in [0.05, 0.1) is 13.2 Å². The van der Waals surface area contributed by atoms with E-state index in [9.17, 15) is 14.4 Å². The summed E-state index contributed by atoms with van der Waals surface area (Å²) in [5.74, 6) is -1.04. The summed E-state index contributed by atoms with van der Waals surface area (Å²) < 4.78 is 9.85. The third-order valence-corrected chi connectivity index (χ3v) is 4.52. The Kier molecular flexibility index (Phi) is 12.3. The molecular formula is C24H27ClN6O5. The third-order valence-electron chi connectivity index (χ3n) is 4.32. The number of carbonyl (C=O) groups is 3. The maximum Gasteiger partial charge on any atom is 0.328 e. The van der Waals surface area contributed by atoms with Crippen LogP contribution >= 0.6 is 11.6 Å². The largest absolute Gasteiger partial charge is 0.466 e. The molecule has 3 aromatic rings. The maximum absolute atomic E-state index is 12.5. The van der Waals surface area contributed by atoms with Crippen molar-refractivity contribution in [1.29, 1.82) is 0 Å². The Labute approximate surface area is 213 Å². The molecule has 0 aliphatic heterocycles. The molecule has 2 N–H and O–H groups in total. The van der Waals surface area contributed by atoms with Crippen LogP contribution in [0.2, 0.25) is 5.28 Å². The molecule has 1 atom stereocenters. The van der Waals surface area contributed by atoms with Gasteiger partial charge in [0.25, 0.3) is 5.91 Å². The molecule has 0 spiro atoms. The molecule has 2 aromatic heterocycles. The normalized spacial score (nSPS) is 10.8. The van der Waals surface area contributed by atoms with Gasteiger partial charge in [0.2, 0.25) is 11.2 Å². The van der Waals surface area contributed by atoms with Gasteiger partial charge >= 0.3 is 11.9 Å². The lowest BCUT2D eigenvalue weighted by molar-refractivity contribution is -0.146. The third kappa shape index (κ3) is 10.4. The quantitative estimate of drug-likeness (QED) is 0.305. The van der Waals surface area contributed by atoms with Crippen LogP contribution in [0.15, 0.2) is 61.2 Å². The number of halogens is 1. The van der Waals surface area contributed by atoms with Gasteiger partial charge < -0.3 is 20.1 Å². The molecule has 190 valence electrons. The molecule has 0 aliphatic rings. The molecule has 0 fully saturated rings. The first-order chi connectivity index (χ1) is 17.4. The van der Waals surface area contributed by atoms with Crippen LogP contribution in [0.5, 0.6) is 0 Å². The smallest absolute Gasteiger partial charge is 0.328 e. The molecular weight excluding hydrogens is 488 g/mol. The van der Waals surface area contributed by atoms with Gasteiger partial charge in [0.15, 0.2) is 0 Å². The molecule has 0 bridgehead atoms. The van der Waals surface area contributed by atoms with Crippen molar-refractivity contribution in [2.75, 3.05) is 18.5 Å². The lowest BCUT2D eigenvalue weighted by Crippen LogP contribution is -2.42. The van der Waals surface area contributed by atoms with E-state index >= 15 is 0 Å². The summed E-state index contributed by atoms with van der Waals surface area (Å²) in [6.45, 7) is 3.80. The van der Waals surface area contributed by atoms with Gasteiger partial charge in [-0.25, -0.2) is 24.7 Å². The fraction of sp³-hybridized carbons (Fsp3) is 0.292. The number of hydrogen-bond donors (Lipinski definition) is 2. The highest BCUT2D eigenvalue weighted by Crippen LogP contribution is 2.14. The van der Waals surface area contributed by atoms with Crippen LogP contribution in [0, 0.1) is 0 Å². The fourth-order valence-electron chi connectivity index (χ4n) is 2.71. The zero-order valence-electron chi connectivity index (χ0n) is 19.9. The SMILES string of the molecule is CCOC(=O)CCC(NC(=O)c1ccc(Nc2ncccn2)cc1)C(=O)OCC.Clc1ncccn1. The number of nitrogens with one attached hydrogen (secondary N) is 2. The monoisotopic (exact) mass is 514 g/mol. The Hall–Kier alpha value is -4.12. The molecule has 36 heavy (non-hydrogen) atoms. The van der Waals surface area contributed by atoms with Crippen LogP contribution in [0.4, 0.5) is 11.6 Å². The van der Waals surface area contributed by atoms with Crippen molar-refractivity contribution in [3.8, 4) is 0 Å². The maximum atomic E-state index is 12.5. The minimum atomic E-state index is -0.942. The van der Waals surface area contributed by atoms with Gasteiger partial charge in [-0.3, -0.25) is 9.59 Å². The Morgan fingerprint density at radius 1 is 0.889 bits per heavy atom. The average molecular weight is 515 g/mol.